The molecule has 0 radical (unpaired) electrons. The number of nitrogens with one attached hydrogen (secondary N) is 1. The van der Waals surface area contributed by atoms with Crippen LogP contribution in [-0.4, -0.2) is 38.1 Å². The Bertz CT molecular complexity index is 337. The topological polar surface area (TPSA) is 81.7 Å². The van der Waals surface area contributed by atoms with E-state index in [4.69, 9.17) is 0 Å². The third-order valence-electron chi connectivity index (χ3n) is 2.94. The summed E-state index contributed by atoms with van der Waals surface area (Å²) in [5.74, 6) is -1.57. The highest BCUT2D eigenvalue weighted by molar-refractivity contribution is 5.87. The Morgan fingerprint density at radius 2 is 1.72 bits per heavy atom. The zero-order valence-electron chi connectivity index (χ0n) is 10.9. The molecule has 1 rings (SSSR count). The highest BCUT2D eigenvalue weighted by Crippen LogP contribution is 2.29. The standard InChI is InChI=1S/C12H19NO5/c1-7(11(15)17-2)6-9(12(16)18-3)13-10(14)8-4-5-8/h7-9H,4-6H2,1-3H3,(H,13,14)/t7-,9-/m1/s1. The number of carbonyl (C=O) groups is 3. The van der Waals surface area contributed by atoms with Gasteiger partial charge in [-0.25, -0.2) is 4.79 Å². The van der Waals surface area contributed by atoms with Gasteiger partial charge in [-0.1, -0.05) is 6.92 Å². The van der Waals surface area contributed by atoms with Gasteiger partial charge in [0.05, 0.1) is 20.1 Å². The quantitative estimate of drug-likeness (QED) is 0.690. The molecule has 0 heterocycles. The molecule has 6 heteroatoms. The molecule has 1 aliphatic rings. The normalized spacial score (nSPS) is 17.5. The third kappa shape index (κ3) is 4.01. The maximum atomic E-state index is 11.6. The number of hydrogen-bond acceptors (Lipinski definition) is 5. The number of esters is 2. The van der Waals surface area contributed by atoms with Gasteiger partial charge in [0.25, 0.3) is 0 Å². The molecule has 1 saturated carbocycles. The van der Waals surface area contributed by atoms with Gasteiger partial charge in [0, 0.05) is 5.92 Å². The molecule has 0 spiro atoms. The maximum absolute atomic E-state index is 11.6. The molecule has 0 unspecified atom stereocenters. The highest BCUT2D eigenvalue weighted by Gasteiger charge is 2.34. The van der Waals surface area contributed by atoms with Crippen molar-refractivity contribution in [2.45, 2.75) is 32.2 Å². The van der Waals surface area contributed by atoms with E-state index >= 15 is 0 Å². The zero-order chi connectivity index (χ0) is 13.7. The largest absolute Gasteiger partial charge is 0.469 e. The summed E-state index contributed by atoms with van der Waals surface area (Å²) in [6.45, 7) is 1.64. The van der Waals surface area contributed by atoms with Crippen LogP contribution in [0.3, 0.4) is 0 Å². The molecule has 0 aromatic carbocycles. The monoisotopic (exact) mass is 257 g/mol. The van der Waals surface area contributed by atoms with E-state index < -0.39 is 23.9 Å². The second-order valence-corrected chi connectivity index (χ2v) is 4.52. The van der Waals surface area contributed by atoms with Crippen molar-refractivity contribution >= 4 is 17.8 Å². The number of rotatable bonds is 6. The van der Waals surface area contributed by atoms with Crippen molar-refractivity contribution in [3.05, 3.63) is 0 Å². The van der Waals surface area contributed by atoms with Gasteiger partial charge in [-0.15, -0.1) is 0 Å². The first-order chi connectivity index (χ1) is 8.49. The van der Waals surface area contributed by atoms with Gasteiger partial charge in [0.2, 0.25) is 5.91 Å². The lowest BCUT2D eigenvalue weighted by atomic mass is 10.0. The summed E-state index contributed by atoms with van der Waals surface area (Å²) in [6.07, 6.45) is 1.89. The van der Waals surface area contributed by atoms with Crippen molar-refractivity contribution in [3.8, 4) is 0 Å². The Morgan fingerprint density at radius 1 is 1.17 bits per heavy atom. The molecular weight excluding hydrogens is 238 g/mol. The fourth-order valence-corrected chi connectivity index (χ4v) is 1.64. The molecule has 0 aromatic rings. The molecule has 102 valence electrons. The van der Waals surface area contributed by atoms with Gasteiger partial charge in [0.1, 0.15) is 6.04 Å². The number of carbonyl (C=O) groups excluding carboxylic acids is 3. The minimum atomic E-state index is -0.794. The fourth-order valence-electron chi connectivity index (χ4n) is 1.64. The van der Waals surface area contributed by atoms with Gasteiger partial charge >= 0.3 is 11.9 Å². The average Bonchev–Trinajstić information content (AvgIpc) is 3.19. The summed E-state index contributed by atoms with van der Waals surface area (Å²) < 4.78 is 9.21. The van der Waals surface area contributed by atoms with Crippen LogP contribution in [0.2, 0.25) is 0 Å². The number of hydrogen-bond donors (Lipinski definition) is 1. The predicted molar refractivity (Wildman–Crippen MR) is 62.5 cm³/mol. The molecule has 0 saturated heterocycles. The minimum absolute atomic E-state index is 0.00517. The Labute approximate surface area is 106 Å². The molecule has 0 bridgehead atoms. The summed E-state index contributed by atoms with van der Waals surface area (Å²) in [6, 6.07) is -0.794. The lowest BCUT2D eigenvalue weighted by Crippen LogP contribution is -2.44. The Balaban J connectivity index is 2.57. The molecule has 1 aliphatic carbocycles. The molecule has 0 aromatic heterocycles. The van der Waals surface area contributed by atoms with E-state index in [9.17, 15) is 14.4 Å². The first kappa shape index (κ1) is 14.5. The number of amides is 1. The molecule has 1 fully saturated rings. The van der Waals surface area contributed by atoms with Crippen LogP contribution in [0.15, 0.2) is 0 Å². The second kappa shape index (κ2) is 6.37. The highest BCUT2D eigenvalue weighted by atomic mass is 16.5. The summed E-state index contributed by atoms with van der Waals surface area (Å²) in [7, 11) is 2.54. The van der Waals surface area contributed by atoms with E-state index in [1.807, 2.05) is 0 Å². The van der Waals surface area contributed by atoms with Gasteiger partial charge in [-0.2, -0.15) is 0 Å². The third-order valence-corrected chi connectivity index (χ3v) is 2.94. The molecule has 6 nitrogen and oxygen atoms in total. The van der Waals surface area contributed by atoms with Crippen LogP contribution in [0.25, 0.3) is 0 Å². The maximum Gasteiger partial charge on any atom is 0.328 e. The van der Waals surface area contributed by atoms with Crippen molar-refractivity contribution in [2.75, 3.05) is 14.2 Å². The van der Waals surface area contributed by atoms with Crippen LogP contribution >= 0.6 is 0 Å². The zero-order valence-corrected chi connectivity index (χ0v) is 10.9. The number of methoxy groups -OCH3 is 2. The van der Waals surface area contributed by atoms with E-state index in [2.05, 4.69) is 14.8 Å². The van der Waals surface area contributed by atoms with Crippen LogP contribution in [-0.2, 0) is 23.9 Å². The van der Waals surface area contributed by atoms with E-state index in [1.54, 1.807) is 6.92 Å². The summed E-state index contributed by atoms with van der Waals surface area (Å²) >= 11 is 0. The van der Waals surface area contributed by atoms with Crippen LogP contribution in [0.5, 0.6) is 0 Å². The Hall–Kier alpha value is -1.59. The molecular formula is C12H19NO5. The average molecular weight is 257 g/mol. The SMILES string of the molecule is COC(=O)[C@H](C)C[C@@H](NC(=O)C1CC1)C(=O)OC. The summed E-state index contributed by atoms with van der Waals surface area (Å²) in [4.78, 5) is 34.5. The summed E-state index contributed by atoms with van der Waals surface area (Å²) in [5.41, 5.74) is 0. The first-order valence-electron chi connectivity index (χ1n) is 5.95. The van der Waals surface area contributed by atoms with Gasteiger partial charge < -0.3 is 14.8 Å². The van der Waals surface area contributed by atoms with E-state index in [1.165, 1.54) is 14.2 Å². The lowest BCUT2D eigenvalue weighted by molar-refractivity contribution is -0.149. The van der Waals surface area contributed by atoms with Crippen molar-refractivity contribution in [1.82, 2.24) is 5.32 Å². The molecule has 2 atom stereocenters. The molecule has 0 aliphatic heterocycles. The van der Waals surface area contributed by atoms with E-state index in [-0.39, 0.29) is 18.2 Å². The molecule has 1 amide bonds. The fraction of sp³-hybridized carbons (Fsp3) is 0.750. The van der Waals surface area contributed by atoms with Gasteiger partial charge in [-0.05, 0) is 19.3 Å². The van der Waals surface area contributed by atoms with Crippen LogP contribution in [0.1, 0.15) is 26.2 Å². The Morgan fingerprint density at radius 3 is 2.17 bits per heavy atom. The summed E-state index contributed by atoms with van der Waals surface area (Å²) in [5, 5.41) is 2.62. The molecule has 1 N–H and O–H groups in total. The molecule has 18 heavy (non-hydrogen) atoms. The van der Waals surface area contributed by atoms with E-state index in [0.29, 0.717) is 0 Å². The first-order valence-corrected chi connectivity index (χ1v) is 5.95. The van der Waals surface area contributed by atoms with Crippen LogP contribution in [0.4, 0.5) is 0 Å². The van der Waals surface area contributed by atoms with Crippen molar-refractivity contribution in [3.63, 3.8) is 0 Å². The van der Waals surface area contributed by atoms with Crippen molar-refractivity contribution in [1.29, 1.82) is 0 Å². The second-order valence-electron chi connectivity index (χ2n) is 4.52. The lowest BCUT2D eigenvalue weighted by Gasteiger charge is -2.19. The Kier molecular flexibility index (Phi) is 5.12. The van der Waals surface area contributed by atoms with Gasteiger partial charge in [0.15, 0.2) is 0 Å². The smallest absolute Gasteiger partial charge is 0.328 e. The van der Waals surface area contributed by atoms with E-state index in [0.717, 1.165) is 12.8 Å². The number of ether oxygens (including phenoxy) is 2. The van der Waals surface area contributed by atoms with Crippen molar-refractivity contribution < 1.29 is 23.9 Å². The van der Waals surface area contributed by atoms with Crippen LogP contribution in [0, 0.1) is 11.8 Å². The van der Waals surface area contributed by atoms with Gasteiger partial charge in [-0.3, -0.25) is 9.59 Å². The van der Waals surface area contributed by atoms with Crippen LogP contribution < -0.4 is 5.32 Å². The minimum Gasteiger partial charge on any atom is -0.469 e. The van der Waals surface area contributed by atoms with Crippen molar-refractivity contribution in [2.24, 2.45) is 11.8 Å². The predicted octanol–water partition coefficient (Wildman–Crippen LogP) is 0.253.